The van der Waals surface area contributed by atoms with Gasteiger partial charge in [0.05, 0.1) is 10.6 Å². The SMILES string of the molecule is CCN1C(=O)/C(=C\c2ccc(-c3cccc(Cl)c3)o2)SC1=Nc1ccc(F)cc1. The van der Waals surface area contributed by atoms with E-state index >= 15 is 0 Å². The molecule has 0 bridgehead atoms. The van der Waals surface area contributed by atoms with Crippen LogP contribution in [0.5, 0.6) is 0 Å². The third-order valence-corrected chi connectivity index (χ3v) is 5.51. The highest BCUT2D eigenvalue weighted by atomic mass is 35.5. The Hall–Kier alpha value is -2.83. The number of thioether (sulfide) groups is 1. The highest BCUT2D eigenvalue weighted by Crippen LogP contribution is 2.35. The van der Waals surface area contributed by atoms with Crippen molar-refractivity contribution >= 4 is 46.2 Å². The summed E-state index contributed by atoms with van der Waals surface area (Å²) in [5.41, 5.74) is 1.45. The zero-order valence-corrected chi connectivity index (χ0v) is 17.0. The maximum absolute atomic E-state index is 13.1. The van der Waals surface area contributed by atoms with Gasteiger partial charge in [-0.05, 0) is 67.2 Å². The summed E-state index contributed by atoms with van der Waals surface area (Å²) in [7, 11) is 0. The molecule has 1 saturated heterocycles. The Labute approximate surface area is 176 Å². The molecule has 4 nitrogen and oxygen atoms in total. The molecule has 1 fully saturated rings. The largest absolute Gasteiger partial charge is 0.457 e. The van der Waals surface area contributed by atoms with E-state index in [-0.39, 0.29) is 11.7 Å². The average Bonchev–Trinajstić information content (AvgIpc) is 3.29. The molecule has 7 heteroatoms. The van der Waals surface area contributed by atoms with Gasteiger partial charge in [0.2, 0.25) is 0 Å². The quantitative estimate of drug-likeness (QED) is 0.456. The molecule has 4 rings (SSSR count). The van der Waals surface area contributed by atoms with Crippen LogP contribution in [0.3, 0.4) is 0 Å². The number of hydrogen-bond acceptors (Lipinski definition) is 4. The standard InChI is InChI=1S/C22H16ClFN2O2S/c1-2-26-21(27)20(29-22(26)25-17-8-6-16(24)7-9-17)13-18-10-11-19(28-18)14-4-3-5-15(23)12-14/h3-13H,2H2,1H3/b20-13+,25-22?. The van der Waals surface area contributed by atoms with Gasteiger partial charge < -0.3 is 4.42 Å². The Kier molecular flexibility index (Phi) is 5.56. The van der Waals surface area contributed by atoms with E-state index in [1.54, 1.807) is 29.2 Å². The van der Waals surface area contributed by atoms with Crippen molar-refractivity contribution in [3.05, 3.63) is 82.2 Å². The molecule has 1 aromatic heterocycles. The van der Waals surface area contributed by atoms with Crippen molar-refractivity contribution < 1.29 is 13.6 Å². The molecular weight excluding hydrogens is 411 g/mol. The van der Waals surface area contributed by atoms with Crippen LogP contribution >= 0.6 is 23.4 Å². The van der Waals surface area contributed by atoms with E-state index in [0.29, 0.717) is 38.8 Å². The number of carbonyl (C=O) groups excluding carboxylic acids is 1. The van der Waals surface area contributed by atoms with Gasteiger partial charge in [-0.15, -0.1) is 0 Å². The average molecular weight is 427 g/mol. The molecule has 2 heterocycles. The third kappa shape index (κ3) is 4.28. The van der Waals surface area contributed by atoms with Gasteiger partial charge in [-0.1, -0.05) is 23.7 Å². The highest BCUT2D eigenvalue weighted by Gasteiger charge is 2.32. The first-order chi connectivity index (χ1) is 14.0. The molecule has 0 spiro atoms. The summed E-state index contributed by atoms with van der Waals surface area (Å²) in [5.74, 6) is 0.765. The van der Waals surface area contributed by atoms with Crippen LogP contribution in [-0.2, 0) is 4.79 Å². The Bertz CT molecular complexity index is 1120. The molecule has 0 aliphatic carbocycles. The Balaban J connectivity index is 1.61. The van der Waals surface area contributed by atoms with E-state index in [2.05, 4.69) is 4.99 Å². The topological polar surface area (TPSA) is 45.8 Å². The van der Waals surface area contributed by atoms with Crippen molar-refractivity contribution in [3.8, 4) is 11.3 Å². The van der Waals surface area contributed by atoms with E-state index in [1.807, 2.05) is 37.3 Å². The first kappa shape index (κ1) is 19.5. The zero-order chi connectivity index (χ0) is 20.4. The molecular formula is C22H16ClFN2O2S. The molecule has 1 amide bonds. The number of halogens is 2. The van der Waals surface area contributed by atoms with E-state index < -0.39 is 0 Å². The van der Waals surface area contributed by atoms with Crippen LogP contribution in [0.25, 0.3) is 17.4 Å². The number of benzene rings is 2. The second-order valence-electron chi connectivity index (χ2n) is 6.24. The molecule has 0 radical (unpaired) electrons. The number of amides is 1. The van der Waals surface area contributed by atoms with Crippen molar-refractivity contribution in [3.63, 3.8) is 0 Å². The first-order valence-electron chi connectivity index (χ1n) is 8.95. The van der Waals surface area contributed by atoms with Gasteiger partial charge in [0, 0.05) is 23.2 Å². The molecule has 2 aromatic carbocycles. The maximum atomic E-state index is 13.1. The van der Waals surface area contributed by atoms with Crippen molar-refractivity contribution in [2.45, 2.75) is 6.92 Å². The summed E-state index contributed by atoms with van der Waals surface area (Å²) < 4.78 is 19.0. The normalized spacial score (nSPS) is 16.9. The van der Waals surface area contributed by atoms with Crippen molar-refractivity contribution in [2.75, 3.05) is 6.54 Å². The van der Waals surface area contributed by atoms with E-state index in [4.69, 9.17) is 16.0 Å². The molecule has 0 atom stereocenters. The summed E-state index contributed by atoms with van der Waals surface area (Å²) in [5, 5.41) is 1.18. The Morgan fingerprint density at radius 3 is 2.69 bits per heavy atom. The smallest absolute Gasteiger partial charge is 0.266 e. The molecule has 1 aliphatic heterocycles. The zero-order valence-electron chi connectivity index (χ0n) is 15.4. The van der Waals surface area contributed by atoms with Crippen LogP contribution in [0.2, 0.25) is 5.02 Å². The van der Waals surface area contributed by atoms with Gasteiger partial charge in [0.25, 0.3) is 5.91 Å². The second kappa shape index (κ2) is 8.27. The lowest BCUT2D eigenvalue weighted by Crippen LogP contribution is -2.28. The highest BCUT2D eigenvalue weighted by molar-refractivity contribution is 8.18. The minimum Gasteiger partial charge on any atom is -0.457 e. The van der Waals surface area contributed by atoms with Crippen molar-refractivity contribution in [1.82, 2.24) is 4.90 Å². The van der Waals surface area contributed by atoms with E-state index in [1.165, 1.54) is 23.9 Å². The van der Waals surface area contributed by atoms with Crippen LogP contribution < -0.4 is 0 Å². The minimum atomic E-state index is -0.328. The lowest BCUT2D eigenvalue weighted by atomic mass is 10.2. The van der Waals surface area contributed by atoms with Crippen molar-refractivity contribution in [1.29, 1.82) is 0 Å². The molecule has 3 aromatic rings. The van der Waals surface area contributed by atoms with Crippen LogP contribution in [0.4, 0.5) is 10.1 Å². The molecule has 29 heavy (non-hydrogen) atoms. The Morgan fingerprint density at radius 1 is 1.17 bits per heavy atom. The van der Waals surface area contributed by atoms with Crippen LogP contribution in [0.15, 0.2) is 75.0 Å². The second-order valence-corrected chi connectivity index (χ2v) is 7.69. The molecule has 146 valence electrons. The maximum Gasteiger partial charge on any atom is 0.266 e. The number of nitrogens with zero attached hydrogens (tertiary/aromatic N) is 2. The van der Waals surface area contributed by atoms with Crippen LogP contribution in [0, 0.1) is 5.82 Å². The minimum absolute atomic E-state index is 0.140. The number of hydrogen-bond donors (Lipinski definition) is 0. The predicted octanol–water partition coefficient (Wildman–Crippen LogP) is 6.36. The van der Waals surface area contributed by atoms with Crippen LogP contribution in [0.1, 0.15) is 12.7 Å². The molecule has 0 unspecified atom stereocenters. The number of likely N-dealkylation sites (N-methyl/N-ethyl adjacent to an activating group) is 1. The van der Waals surface area contributed by atoms with Gasteiger partial charge in [-0.3, -0.25) is 9.69 Å². The van der Waals surface area contributed by atoms with Crippen molar-refractivity contribution in [2.24, 2.45) is 4.99 Å². The third-order valence-electron chi connectivity index (χ3n) is 4.26. The predicted molar refractivity (Wildman–Crippen MR) is 116 cm³/mol. The summed E-state index contributed by atoms with van der Waals surface area (Å²) in [6.07, 6.45) is 1.71. The number of carbonyl (C=O) groups is 1. The number of furan rings is 1. The van der Waals surface area contributed by atoms with E-state index in [0.717, 1.165) is 5.56 Å². The van der Waals surface area contributed by atoms with E-state index in [9.17, 15) is 9.18 Å². The van der Waals surface area contributed by atoms with Gasteiger partial charge >= 0.3 is 0 Å². The first-order valence-corrected chi connectivity index (χ1v) is 10.1. The van der Waals surface area contributed by atoms with Crippen LogP contribution in [-0.4, -0.2) is 22.5 Å². The number of rotatable bonds is 4. The van der Waals surface area contributed by atoms with Gasteiger partial charge in [0.15, 0.2) is 5.17 Å². The number of aliphatic imine (C=N–C) groups is 1. The summed E-state index contributed by atoms with van der Waals surface area (Å²) in [6, 6.07) is 16.9. The molecule has 0 saturated carbocycles. The summed E-state index contributed by atoms with van der Waals surface area (Å²) in [6.45, 7) is 2.36. The monoisotopic (exact) mass is 426 g/mol. The summed E-state index contributed by atoms with van der Waals surface area (Å²) >= 11 is 7.31. The van der Waals surface area contributed by atoms with Gasteiger partial charge in [-0.25, -0.2) is 9.38 Å². The molecule has 0 N–H and O–H groups in total. The fourth-order valence-electron chi connectivity index (χ4n) is 2.85. The molecule has 1 aliphatic rings. The lowest BCUT2D eigenvalue weighted by molar-refractivity contribution is -0.122. The number of amidine groups is 1. The summed E-state index contributed by atoms with van der Waals surface area (Å²) in [4.78, 5) is 19.3. The lowest BCUT2D eigenvalue weighted by Gasteiger charge is -2.11. The fraction of sp³-hybridized carbons (Fsp3) is 0.0909. The van der Waals surface area contributed by atoms with Gasteiger partial charge in [-0.2, -0.15) is 0 Å². The Morgan fingerprint density at radius 2 is 1.97 bits per heavy atom. The van der Waals surface area contributed by atoms with Gasteiger partial charge in [0.1, 0.15) is 17.3 Å². The fourth-order valence-corrected chi connectivity index (χ4v) is 4.09.